The van der Waals surface area contributed by atoms with Gasteiger partial charge in [0, 0.05) is 11.2 Å². The van der Waals surface area contributed by atoms with Crippen LogP contribution in [0.25, 0.3) is 5.69 Å². The van der Waals surface area contributed by atoms with Crippen LogP contribution in [-0.4, -0.2) is 25.2 Å². The summed E-state index contributed by atoms with van der Waals surface area (Å²) in [5.74, 6) is -1.29. The van der Waals surface area contributed by atoms with Crippen molar-refractivity contribution in [1.29, 1.82) is 0 Å². The zero-order chi connectivity index (χ0) is 23.4. The highest BCUT2D eigenvalue weighted by atomic mass is 35.5. The third-order valence-corrected chi connectivity index (χ3v) is 4.98. The number of aromatic nitrogens is 4. The van der Waals surface area contributed by atoms with Gasteiger partial charge >= 0.3 is 5.69 Å². The van der Waals surface area contributed by atoms with Gasteiger partial charge in [-0.1, -0.05) is 29.8 Å². The summed E-state index contributed by atoms with van der Waals surface area (Å²) in [5.41, 5.74) is -0.909. The Balaban J connectivity index is 1.78. The predicted octanol–water partition coefficient (Wildman–Crippen LogP) is 2.56. The molecular formula is C23H17ClFN5O3. The Morgan fingerprint density at radius 2 is 1.82 bits per heavy atom. The van der Waals surface area contributed by atoms with Crippen molar-refractivity contribution in [3.8, 4) is 5.69 Å². The Morgan fingerprint density at radius 1 is 1.03 bits per heavy atom. The molecule has 1 N–H and O–H groups in total. The molecule has 0 aliphatic carbocycles. The molecule has 0 spiro atoms. The van der Waals surface area contributed by atoms with E-state index in [2.05, 4.69) is 15.4 Å². The molecule has 0 bridgehead atoms. The lowest BCUT2D eigenvalue weighted by Crippen LogP contribution is -2.46. The maximum atomic E-state index is 13.7. The van der Waals surface area contributed by atoms with Crippen LogP contribution in [0.4, 0.5) is 4.39 Å². The third-order valence-electron chi connectivity index (χ3n) is 4.73. The number of rotatable bonds is 6. The fourth-order valence-corrected chi connectivity index (χ4v) is 3.25. The summed E-state index contributed by atoms with van der Waals surface area (Å²) in [6, 6.07) is 16.9. The first-order valence-corrected chi connectivity index (χ1v) is 10.2. The normalized spacial score (nSPS) is 10.7. The van der Waals surface area contributed by atoms with Crippen LogP contribution in [0.3, 0.4) is 0 Å². The van der Waals surface area contributed by atoms with Gasteiger partial charge in [-0.15, -0.1) is 0 Å². The molecule has 0 saturated carbocycles. The summed E-state index contributed by atoms with van der Waals surface area (Å²) >= 11 is 5.93. The molecule has 0 aliphatic rings. The molecule has 2 aromatic carbocycles. The molecule has 0 fully saturated rings. The molecule has 2 aromatic heterocycles. The zero-order valence-corrected chi connectivity index (χ0v) is 17.9. The van der Waals surface area contributed by atoms with Crippen molar-refractivity contribution in [3.63, 3.8) is 0 Å². The fraction of sp³-hybridized carbons (Fsp3) is 0.0870. The number of nitrogens with one attached hydrogen (secondary N) is 1. The van der Waals surface area contributed by atoms with Crippen molar-refractivity contribution >= 4 is 17.5 Å². The smallest absolute Gasteiger partial charge is 0.345 e. The molecule has 0 saturated heterocycles. The van der Waals surface area contributed by atoms with Crippen LogP contribution in [0.5, 0.6) is 0 Å². The Hall–Kier alpha value is -4.11. The molecular weight excluding hydrogens is 449 g/mol. The summed E-state index contributed by atoms with van der Waals surface area (Å²) in [5, 5.41) is 7.05. The summed E-state index contributed by atoms with van der Waals surface area (Å²) in [4.78, 5) is 43.1. The topological polar surface area (TPSA) is 98.9 Å². The number of nitrogens with zero attached hydrogens (tertiary/aromatic N) is 4. The van der Waals surface area contributed by atoms with E-state index in [0.717, 1.165) is 9.25 Å². The number of hydrogen-bond acceptors (Lipinski definition) is 5. The van der Waals surface area contributed by atoms with Gasteiger partial charge in [0.2, 0.25) is 5.69 Å². The number of pyridine rings is 1. The van der Waals surface area contributed by atoms with Gasteiger partial charge in [-0.25, -0.2) is 9.18 Å². The van der Waals surface area contributed by atoms with E-state index in [-0.39, 0.29) is 13.1 Å². The maximum absolute atomic E-state index is 13.7. The van der Waals surface area contributed by atoms with Crippen LogP contribution in [0.2, 0.25) is 5.02 Å². The first kappa shape index (κ1) is 22.1. The van der Waals surface area contributed by atoms with Gasteiger partial charge in [0.25, 0.3) is 11.5 Å². The van der Waals surface area contributed by atoms with Crippen LogP contribution in [0.1, 0.15) is 21.7 Å². The SMILES string of the molecule is O=C(NCc1ccccn1)c1nn(-c2ccc(Cl)cc2)c(=O)n(Cc2cccc(F)c2)c1=O. The second-order valence-corrected chi connectivity index (χ2v) is 7.48. The van der Waals surface area contributed by atoms with Crippen molar-refractivity contribution in [2.45, 2.75) is 13.1 Å². The summed E-state index contributed by atoms with van der Waals surface area (Å²) in [6.45, 7) is -0.184. The highest BCUT2D eigenvalue weighted by Gasteiger charge is 2.20. The first-order chi connectivity index (χ1) is 15.9. The molecule has 10 heteroatoms. The minimum Gasteiger partial charge on any atom is -0.345 e. The van der Waals surface area contributed by atoms with Crippen molar-refractivity contribution in [3.05, 3.63) is 122 Å². The third kappa shape index (κ3) is 5.04. The van der Waals surface area contributed by atoms with E-state index in [9.17, 15) is 18.8 Å². The van der Waals surface area contributed by atoms with Crippen molar-refractivity contribution < 1.29 is 9.18 Å². The molecule has 0 unspecified atom stereocenters. The van der Waals surface area contributed by atoms with E-state index in [1.165, 1.54) is 30.3 Å². The van der Waals surface area contributed by atoms with Gasteiger partial charge in [-0.05, 0) is 54.1 Å². The highest BCUT2D eigenvalue weighted by Crippen LogP contribution is 2.11. The number of hydrogen-bond donors (Lipinski definition) is 1. The quantitative estimate of drug-likeness (QED) is 0.472. The Bertz CT molecular complexity index is 1420. The second kappa shape index (κ2) is 9.58. The highest BCUT2D eigenvalue weighted by molar-refractivity contribution is 6.30. The molecule has 0 atom stereocenters. The molecule has 1 amide bonds. The van der Waals surface area contributed by atoms with Gasteiger partial charge in [0.1, 0.15) is 5.82 Å². The van der Waals surface area contributed by atoms with E-state index >= 15 is 0 Å². The standard InChI is InChI=1S/C23H17ClFN5O3/c24-16-7-9-19(10-8-16)30-23(33)29(14-15-4-3-5-17(25)12-15)22(32)20(28-30)21(31)27-13-18-6-1-2-11-26-18/h1-12H,13-14H2,(H,27,31). The van der Waals surface area contributed by atoms with Gasteiger partial charge in [0.15, 0.2) is 0 Å². The van der Waals surface area contributed by atoms with Gasteiger partial charge in [-0.3, -0.25) is 19.1 Å². The van der Waals surface area contributed by atoms with E-state index in [0.29, 0.717) is 22.0 Å². The van der Waals surface area contributed by atoms with Gasteiger partial charge < -0.3 is 5.32 Å². The molecule has 2 heterocycles. The van der Waals surface area contributed by atoms with Crippen LogP contribution < -0.4 is 16.6 Å². The lowest BCUT2D eigenvalue weighted by Gasteiger charge is -2.12. The van der Waals surface area contributed by atoms with Crippen molar-refractivity contribution in [1.82, 2.24) is 24.6 Å². The van der Waals surface area contributed by atoms with Gasteiger partial charge in [-0.2, -0.15) is 9.78 Å². The maximum Gasteiger partial charge on any atom is 0.352 e. The molecule has 33 heavy (non-hydrogen) atoms. The van der Waals surface area contributed by atoms with E-state index in [1.54, 1.807) is 42.6 Å². The predicted molar refractivity (Wildman–Crippen MR) is 120 cm³/mol. The Labute approximate surface area is 191 Å². The molecule has 4 aromatic rings. The number of halogens is 2. The average Bonchev–Trinajstić information content (AvgIpc) is 2.82. The second-order valence-electron chi connectivity index (χ2n) is 7.04. The summed E-state index contributed by atoms with van der Waals surface area (Å²) in [6.07, 6.45) is 1.58. The zero-order valence-electron chi connectivity index (χ0n) is 17.1. The minimum atomic E-state index is -0.895. The monoisotopic (exact) mass is 465 g/mol. The minimum absolute atomic E-state index is 0.0603. The van der Waals surface area contributed by atoms with Gasteiger partial charge in [0.05, 0.1) is 24.5 Å². The number of benzene rings is 2. The van der Waals surface area contributed by atoms with Crippen LogP contribution in [0, 0.1) is 5.82 Å². The molecule has 0 aliphatic heterocycles. The molecule has 4 rings (SSSR count). The Morgan fingerprint density at radius 3 is 2.52 bits per heavy atom. The van der Waals surface area contributed by atoms with E-state index in [1.807, 2.05) is 0 Å². The fourth-order valence-electron chi connectivity index (χ4n) is 3.12. The Kier molecular flexibility index (Phi) is 6.41. The lowest BCUT2D eigenvalue weighted by molar-refractivity contribution is 0.0940. The molecule has 8 nitrogen and oxygen atoms in total. The van der Waals surface area contributed by atoms with Crippen LogP contribution >= 0.6 is 11.6 Å². The lowest BCUT2D eigenvalue weighted by atomic mass is 10.2. The number of carbonyl (C=O) groups excluding carboxylic acids is 1. The van der Waals surface area contributed by atoms with Crippen LogP contribution in [-0.2, 0) is 13.1 Å². The number of carbonyl (C=O) groups is 1. The summed E-state index contributed by atoms with van der Waals surface area (Å²) in [7, 11) is 0. The van der Waals surface area contributed by atoms with Crippen molar-refractivity contribution in [2.24, 2.45) is 0 Å². The van der Waals surface area contributed by atoms with Crippen LogP contribution in [0.15, 0.2) is 82.5 Å². The largest absolute Gasteiger partial charge is 0.352 e. The van der Waals surface area contributed by atoms with E-state index in [4.69, 9.17) is 11.6 Å². The van der Waals surface area contributed by atoms with Crippen molar-refractivity contribution in [2.75, 3.05) is 0 Å². The average molecular weight is 466 g/mol. The van der Waals surface area contributed by atoms with E-state index < -0.39 is 28.7 Å². The molecule has 166 valence electrons. The molecule has 0 radical (unpaired) electrons. The number of amides is 1. The first-order valence-electron chi connectivity index (χ1n) is 9.85. The summed E-state index contributed by atoms with van der Waals surface area (Å²) < 4.78 is 15.4.